The Bertz CT molecular complexity index is 569. The molecule has 94 valence electrons. The molecule has 1 aromatic carbocycles. The quantitative estimate of drug-likeness (QED) is 0.864. The number of nitrogens with zero attached hydrogens (tertiary/aromatic N) is 2. The summed E-state index contributed by atoms with van der Waals surface area (Å²) in [6.07, 6.45) is 3.33. The van der Waals surface area contributed by atoms with E-state index in [1.54, 1.807) is 0 Å². The summed E-state index contributed by atoms with van der Waals surface area (Å²) in [4.78, 5) is 0. The highest BCUT2D eigenvalue weighted by molar-refractivity contribution is 7.71. The monoisotopic (exact) mass is 261 g/mol. The van der Waals surface area contributed by atoms with Crippen molar-refractivity contribution in [3.05, 3.63) is 40.9 Å². The maximum absolute atomic E-state index is 5.66. The first kappa shape index (κ1) is 11.6. The Morgan fingerprint density at radius 3 is 2.94 bits per heavy atom. The molecule has 0 bridgehead atoms. The third-order valence-corrected chi connectivity index (χ3v) is 3.46. The van der Waals surface area contributed by atoms with E-state index in [0.717, 1.165) is 37.4 Å². The molecular formula is C13H15N3OS. The minimum absolute atomic E-state index is 0.276. The van der Waals surface area contributed by atoms with Gasteiger partial charge in [-0.25, -0.2) is 0 Å². The molecule has 0 amide bonds. The van der Waals surface area contributed by atoms with E-state index in [0.29, 0.717) is 4.77 Å². The average Bonchev–Trinajstić information content (AvgIpc) is 3.02. The number of hydrogen-bond acceptors (Lipinski definition) is 3. The average molecular weight is 261 g/mol. The van der Waals surface area contributed by atoms with E-state index in [4.69, 9.17) is 17.0 Å². The zero-order valence-electron chi connectivity index (χ0n) is 10.0. The van der Waals surface area contributed by atoms with Crippen LogP contribution in [0.5, 0.6) is 0 Å². The Kier molecular flexibility index (Phi) is 3.25. The highest BCUT2D eigenvalue weighted by atomic mass is 32.1. The van der Waals surface area contributed by atoms with Crippen LogP contribution in [0.4, 0.5) is 0 Å². The van der Waals surface area contributed by atoms with Crippen molar-refractivity contribution in [1.82, 2.24) is 14.8 Å². The normalized spacial score (nSPS) is 19.2. The first-order valence-corrected chi connectivity index (χ1v) is 6.59. The number of hydrogen-bond donors (Lipinski definition) is 1. The first-order chi connectivity index (χ1) is 8.84. The fraction of sp³-hybridized carbons (Fsp3) is 0.385. The van der Waals surface area contributed by atoms with Crippen molar-refractivity contribution in [2.45, 2.75) is 25.4 Å². The number of aromatic nitrogens is 3. The topological polar surface area (TPSA) is 42.8 Å². The van der Waals surface area contributed by atoms with Crippen molar-refractivity contribution >= 4 is 12.2 Å². The van der Waals surface area contributed by atoms with E-state index in [2.05, 4.69) is 10.2 Å². The second kappa shape index (κ2) is 5.04. The number of para-hydroxylation sites is 1. The lowest BCUT2D eigenvalue weighted by molar-refractivity contribution is 0.109. The number of rotatable bonds is 3. The van der Waals surface area contributed by atoms with Gasteiger partial charge in [-0.2, -0.15) is 5.10 Å². The summed E-state index contributed by atoms with van der Waals surface area (Å²) in [5.74, 6) is 0.943. The van der Waals surface area contributed by atoms with E-state index in [1.807, 2.05) is 34.9 Å². The van der Waals surface area contributed by atoms with Gasteiger partial charge < -0.3 is 4.74 Å². The zero-order valence-corrected chi connectivity index (χ0v) is 10.8. The molecule has 1 fully saturated rings. The molecule has 3 rings (SSSR count). The van der Waals surface area contributed by atoms with E-state index >= 15 is 0 Å². The number of nitrogens with one attached hydrogen (secondary N) is 1. The number of ether oxygens (including phenoxy) is 1. The highest BCUT2D eigenvalue weighted by Gasteiger charge is 2.19. The Labute approximate surface area is 111 Å². The van der Waals surface area contributed by atoms with Crippen LogP contribution in [0.15, 0.2) is 30.3 Å². The van der Waals surface area contributed by atoms with Crippen molar-refractivity contribution in [2.75, 3.05) is 6.61 Å². The summed E-state index contributed by atoms with van der Waals surface area (Å²) in [6.45, 7) is 0.862. The lowest BCUT2D eigenvalue weighted by Gasteiger charge is -2.10. The van der Waals surface area contributed by atoms with Crippen LogP contribution in [0.2, 0.25) is 0 Å². The van der Waals surface area contributed by atoms with Crippen molar-refractivity contribution < 1.29 is 4.74 Å². The second-order valence-electron chi connectivity index (χ2n) is 4.46. The van der Waals surface area contributed by atoms with Gasteiger partial charge in [-0.3, -0.25) is 9.67 Å². The molecule has 1 N–H and O–H groups in total. The molecule has 0 saturated carbocycles. The summed E-state index contributed by atoms with van der Waals surface area (Å²) in [7, 11) is 0. The summed E-state index contributed by atoms with van der Waals surface area (Å²) < 4.78 is 8.27. The van der Waals surface area contributed by atoms with Gasteiger partial charge in [0.15, 0.2) is 4.77 Å². The Balaban J connectivity index is 1.94. The lowest BCUT2D eigenvalue weighted by Crippen LogP contribution is -2.13. The SMILES string of the molecule is S=c1[nH]nc(CC2CCCO2)n1-c1ccccc1. The van der Waals surface area contributed by atoms with E-state index in [9.17, 15) is 0 Å². The van der Waals surface area contributed by atoms with Gasteiger partial charge in [0, 0.05) is 18.7 Å². The molecule has 2 aromatic rings. The molecule has 4 nitrogen and oxygen atoms in total. The molecule has 0 aliphatic carbocycles. The molecule has 1 saturated heterocycles. The van der Waals surface area contributed by atoms with Crippen LogP contribution in [0, 0.1) is 4.77 Å². The predicted octanol–water partition coefficient (Wildman–Crippen LogP) is 2.65. The first-order valence-electron chi connectivity index (χ1n) is 6.18. The molecule has 5 heteroatoms. The third-order valence-electron chi connectivity index (χ3n) is 3.19. The third kappa shape index (κ3) is 2.23. The molecule has 0 radical (unpaired) electrons. The maximum Gasteiger partial charge on any atom is 0.199 e. The molecule has 1 unspecified atom stereocenters. The summed E-state index contributed by atoms with van der Waals surface area (Å²) in [6, 6.07) is 10.1. The number of aromatic amines is 1. The Hall–Kier alpha value is -1.46. The van der Waals surface area contributed by atoms with Crippen LogP contribution in [0.3, 0.4) is 0 Å². The van der Waals surface area contributed by atoms with Crippen LogP contribution < -0.4 is 0 Å². The van der Waals surface area contributed by atoms with Gasteiger partial charge in [-0.15, -0.1) is 0 Å². The van der Waals surface area contributed by atoms with E-state index < -0.39 is 0 Å². The minimum atomic E-state index is 0.276. The van der Waals surface area contributed by atoms with Gasteiger partial charge in [0.1, 0.15) is 5.82 Å². The van der Waals surface area contributed by atoms with Crippen molar-refractivity contribution in [3.8, 4) is 5.69 Å². The molecule has 1 aromatic heterocycles. The molecule has 1 aliphatic rings. The Morgan fingerprint density at radius 2 is 2.22 bits per heavy atom. The standard InChI is InChI=1S/C13H15N3OS/c18-13-15-14-12(9-11-7-4-8-17-11)16(13)10-5-2-1-3-6-10/h1-3,5-6,11H,4,7-9H2,(H,15,18). The van der Waals surface area contributed by atoms with Gasteiger partial charge >= 0.3 is 0 Å². The summed E-state index contributed by atoms with van der Waals surface area (Å²) in [5.41, 5.74) is 1.05. The Morgan fingerprint density at radius 1 is 1.39 bits per heavy atom. The van der Waals surface area contributed by atoms with Gasteiger partial charge in [0.05, 0.1) is 6.10 Å². The molecule has 2 heterocycles. The second-order valence-corrected chi connectivity index (χ2v) is 4.84. The van der Waals surface area contributed by atoms with Gasteiger partial charge in [0.25, 0.3) is 0 Å². The fourth-order valence-corrected chi connectivity index (χ4v) is 2.58. The van der Waals surface area contributed by atoms with Gasteiger partial charge in [-0.1, -0.05) is 18.2 Å². The van der Waals surface area contributed by atoms with Crippen LogP contribution in [-0.2, 0) is 11.2 Å². The van der Waals surface area contributed by atoms with Crippen molar-refractivity contribution in [1.29, 1.82) is 0 Å². The molecule has 0 spiro atoms. The predicted molar refractivity (Wildman–Crippen MR) is 71.4 cm³/mol. The largest absolute Gasteiger partial charge is 0.378 e. The molecule has 1 aliphatic heterocycles. The van der Waals surface area contributed by atoms with Crippen LogP contribution >= 0.6 is 12.2 Å². The highest BCUT2D eigenvalue weighted by Crippen LogP contribution is 2.18. The fourth-order valence-electron chi connectivity index (χ4n) is 2.32. The number of benzene rings is 1. The smallest absolute Gasteiger partial charge is 0.199 e. The maximum atomic E-state index is 5.66. The van der Waals surface area contributed by atoms with E-state index in [-0.39, 0.29) is 6.10 Å². The van der Waals surface area contributed by atoms with Crippen molar-refractivity contribution in [2.24, 2.45) is 0 Å². The molecule has 1 atom stereocenters. The number of H-pyrrole nitrogens is 1. The summed E-state index contributed by atoms with van der Waals surface area (Å²) in [5, 5.41) is 7.19. The minimum Gasteiger partial charge on any atom is -0.378 e. The zero-order chi connectivity index (χ0) is 12.4. The molecule has 18 heavy (non-hydrogen) atoms. The van der Waals surface area contributed by atoms with Crippen molar-refractivity contribution in [3.63, 3.8) is 0 Å². The van der Waals surface area contributed by atoms with Crippen LogP contribution in [0.1, 0.15) is 18.7 Å². The van der Waals surface area contributed by atoms with Crippen LogP contribution in [0.25, 0.3) is 5.69 Å². The van der Waals surface area contributed by atoms with Gasteiger partial charge in [0.2, 0.25) is 0 Å². The molecular weight excluding hydrogens is 246 g/mol. The van der Waals surface area contributed by atoms with Gasteiger partial charge in [-0.05, 0) is 37.2 Å². The van der Waals surface area contributed by atoms with Crippen LogP contribution in [-0.4, -0.2) is 27.5 Å². The van der Waals surface area contributed by atoms with E-state index in [1.165, 1.54) is 0 Å². The summed E-state index contributed by atoms with van der Waals surface area (Å²) >= 11 is 5.30. The lowest BCUT2D eigenvalue weighted by atomic mass is 10.2.